The Balaban J connectivity index is 0. The number of carbonyl (C=O) groups excluding carboxylic acids is 1. The Morgan fingerprint density at radius 1 is 1.29 bits per heavy atom. The van der Waals surface area contributed by atoms with Crippen molar-refractivity contribution in [2.75, 3.05) is 25.7 Å². The fraction of sp³-hybridized carbons (Fsp3) is 0.857. The van der Waals surface area contributed by atoms with E-state index in [0.717, 1.165) is 25.4 Å². The van der Waals surface area contributed by atoms with Crippen LogP contribution in [0.25, 0.3) is 0 Å². The van der Waals surface area contributed by atoms with Gasteiger partial charge in [0.1, 0.15) is 13.2 Å². The summed E-state index contributed by atoms with van der Waals surface area (Å²) in [6, 6.07) is 0. The maximum atomic E-state index is 9.89. The number of halogens is 1. The van der Waals surface area contributed by atoms with Crippen LogP contribution >= 0.6 is 11.6 Å². The second-order valence-corrected chi connectivity index (χ2v) is 5.96. The number of carboxylic acid groups (broad SMARTS) is 1. The van der Waals surface area contributed by atoms with Gasteiger partial charge in [-0.1, -0.05) is 13.8 Å². The molecule has 0 aliphatic rings. The number of hydrogen-bond donors (Lipinski definition) is 2. The Morgan fingerprint density at radius 3 is 2.24 bits per heavy atom. The van der Waals surface area contributed by atoms with Crippen LogP contribution in [0.5, 0.6) is 0 Å². The quantitative estimate of drug-likeness (QED) is 0.599. The minimum atomic E-state index is -1.11. The third kappa shape index (κ3) is 21.6. The lowest BCUT2D eigenvalue weighted by Crippen LogP contribution is -2.25. The van der Waals surface area contributed by atoms with Gasteiger partial charge in [-0.2, -0.15) is 0 Å². The molecule has 3 N–H and O–H groups in total. The molecule has 0 radical (unpaired) electrons. The molecule has 0 saturated carbocycles. The number of carbonyl (C=O) groups is 2. The molecule has 6 nitrogen and oxygen atoms in total. The zero-order valence-electron chi connectivity index (χ0n) is 13.4. The van der Waals surface area contributed by atoms with Crippen molar-refractivity contribution in [3.63, 3.8) is 0 Å². The average Bonchev–Trinajstić information content (AvgIpc) is 2.27. The molecule has 21 heavy (non-hydrogen) atoms. The first kappa shape index (κ1) is 22.4. The molecule has 0 fully saturated rings. The molecule has 0 rings (SSSR count). The predicted molar refractivity (Wildman–Crippen MR) is 82.5 cm³/mol. The minimum Gasteiger partial charge on any atom is -0.480 e. The van der Waals surface area contributed by atoms with Gasteiger partial charge >= 0.3 is 5.97 Å². The molecule has 0 bridgehead atoms. The van der Waals surface area contributed by atoms with Crippen LogP contribution in [0.15, 0.2) is 0 Å². The van der Waals surface area contributed by atoms with Crippen molar-refractivity contribution < 1.29 is 24.2 Å². The lowest BCUT2D eigenvalue weighted by Gasteiger charge is -2.24. The summed E-state index contributed by atoms with van der Waals surface area (Å²) in [5, 5.41) is 7.95. The summed E-state index contributed by atoms with van der Waals surface area (Å²) in [6.07, 6.45) is 2.05. The van der Waals surface area contributed by atoms with E-state index in [1.54, 1.807) is 0 Å². The maximum absolute atomic E-state index is 9.89. The molecule has 0 spiro atoms. The molecule has 0 aromatic carbocycles. The molecule has 0 saturated heterocycles. The Morgan fingerprint density at radius 2 is 1.86 bits per heavy atom. The highest BCUT2D eigenvalue weighted by Crippen LogP contribution is 2.16. The monoisotopic (exact) mass is 325 g/mol. The number of carboxylic acids is 1. The molecule has 7 heteroatoms. The molecule has 0 aliphatic carbocycles. The second kappa shape index (κ2) is 12.9. The van der Waals surface area contributed by atoms with E-state index in [1.807, 2.05) is 0 Å². The van der Waals surface area contributed by atoms with Gasteiger partial charge < -0.3 is 20.3 Å². The molecule has 0 aromatic rings. The first-order valence-corrected chi connectivity index (χ1v) is 7.42. The van der Waals surface area contributed by atoms with Gasteiger partial charge in [0.25, 0.3) is 0 Å². The summed E-state index contributed by atoms with van der Waals surface area (Å²) in [7, 11) is 0. The van der Waals surface area contributed by atoms with Crippen LogP contribution in [0.3, 0.4) is 0 Å². The normalized spacial score (nSPS) is 11.0. The molecule has 0 aliphatic heterocycles. The summed E-state index contributed by atoms with van der Waals surface area (Å²) in [5.74, 6) is -0.390. The topological polar surface area (TPSA) is 98.9 Å². The first-order valence-electron chi connectivity index (χ1n) is 6.88. The lowest BCUT2D eigenvalue weighted by molar-refractivity contribution is -0.143. The fourth-order valence-electron chi connectivity index (χ4n) is 1.11. The predicted octanol–water partition coefficient (Wildman–Crippen LogP) is 2.03. The van der Waals surface area contributed by atoms with Crippen LogP contribution in [-0.2, 0) is 19.1 Å². The SMILES string of the molecule is CC(C)CCOC(C)(C)CCCl.NC(=O)COCC(=O)O. The Bertz CT molecular complexity index is 281. The van der Waals surface area contributed by atoms with E-state index in [0.29, 0.717) is 5.88 Å². The van der Waals surface area contributed by atoms with Crippen molar-refractivity contribution in [3.8, 4) is 0 Å². The molecular formula is C14H28ClNO5. The van der Waals surface area contributed by atoms with Gasteiger partial charge in [-0.3, -0.25) is 4.79 Å². The molecule has 0 atom stereocenters. The van der Waals surface area contributed by atoms with Crippen molar-refractivity contribution in [1.29, 1.82) is 0 Å². The minimum absolute atomic E-state index is 0.0450. The summed E-state index contributed by atoms with van der Waals surface area (Å²) < 4.78 is 9.98. The number of rotatable bonds is 10. The van der Waals surface area contributed by atoms with E-state index in [4.69, 9.17) is 21.4 Å². The van der Waals surface area contributed by atoms with Gasteiger partial charge in [-0.25, -0.2) is 4.79 Å². The largest absolute Gasteiger partial charge is 0.480 e. The van der Waals surface area contributed by atoms with E-state index in [2.05, 4.69) is 38.2 Å². The second-order valence-electron chi connectivity index (χ2n) is 5.58. The van der Waals surface area contributed by atoms with E-state index >= 15 is 0 Å². The highest BCUT2D eigenvalue weighted by Gasteiger charge is 2.16. The van der Waals surface area contributed by atoms with Crippen LogP contribution in [0.1, 0.15) is 40.5 Å². The molecule has 1 amide bonds. The smallest absolute Gasteiger partial charge is 0.329 e. The molecular weight excluding hydrogens is 298 g/mol. The zero-order valence-corrected chi connectivity index (χ0v) is 14.1. The number of aliphatic carboxylic acids is 1. The fourth-order valence-corrected chi connectivity index (χ4v) is 1.56. The van der Waals surface area contributed by atoms with Crippen molar-refractivity contribution in [2.24, 2.45) is 11.7 Å². The average molecular weight is 326 g/mol. The van der Waals surface area contributed by atoms with Crippen LogP contribution < -0.4 is 5.73 Å². The Labute approximate surface area is 131 Å². The summed E-state index contributed by atoms with van der Waals surface area (Å²) in [4.78, 5) is 19.6. The van der Waals surface area contributed by atoms with E-state index < -0.39 is 18.5 Å². The van der Waals surface area contributed by atoms with Crippen LogP contribution in [-0.4, -0.2) is 48.3 Å². The first-order chi connectivity index (χ1) is 9.60. The van der Waals surface area contributed by atoms with Crippen molar-refractivity contribution in [2.45, 2.75) is 46.1 Å². The van der Waals surface area contributed by atoms with Gasteiger partial charge in [0, 0.05) is 12.5 Å². The summed E-state index contributed by atoms with van der Waals surface area (Å²) in [5.41, 5.74) is 4.58. The van der Waals surface area contributed by atoms with Gasteiger partial charge in [-0.15, -0.1) is 11.6 Å². The number of ether oxygens (including phenoxy) is 2. The highest BCUT2D eigenvalue weighted by atomic mass is 35.5. The molecule has 0 aromatic heterocycles. The van der Waals surface area contributed by atoms with Crippen molar-refractivity contribution in [1.82, 2.24) is 0 Å². The van der Waals surface area contributed by atoms with E-state index in [-0.39, 0.29) is 12.2 Å². The number of hydrogen-bond acceptors (Lipinski definition) is 4. The molecule has 0 heterocycles. The van der Waals surface area contributed by atoms with Crippen molar-refractivity contribution in [3.05, 3.63) is 0 Å². The maximum Gasteiger partial charge on any atom is 0.329 e. The van der Waals surface area contributed by atoms with E-state index in [1.165, 1.54) is 0 Å². The van der Waals surface area contributed by atoms with E-state index in [9.17, 15) is 9.59 Å². The third-order valence-electron chi connectivity index (χ3n) is 2.35. The number of nitrogens with two attached hydrogens (primary N) is 1. The lowest BCUT2D eigenvalue weighted by atomic mass is 10.1. The van der Waals surface area contributed by atoms with Crippen LogP contribution in [0.2, 0.25) is 0 Å². The number of amides is 1. The third-order valence-corrected chi connectivity index (χ3v) is 2.54. The Kier molecular flexibility index (Phi) is 13.7. The van der Waals surface area contributed by atoms with Crippen LogP contribution in [0, 0.1) is 5.92 Å². The van der Waals surface area contributed by atoms with Gasteiger partial charge in [-0.05, 0) is 32.6 Å². The van der Waals surface area contributed by atoms with Crippen LogP contribution in [0.4, 0.5) is 0 Å². The standard InChI is InChI=1S/C10H21ClO.C4H7NO4/c1-9(2)5-8-12-10(3,4)6-7-11;5-3(6)1-9-2-4(7)8/h9H,5-8H2,1-4H3;1-2H2,(H2,5,6)(H,7,8). The van der Waals surface area contributed by atoms with Gasteiger partial charge in [0.2, 0.25) is 5.91 Å². The van der Waals surface area contributed by atoms with Gasteiger partial charge in [0.15, 0.2) is 0 Å². The molecule has 126 valence electrons. The van der Waals surface area contributed by atoms with Gasteiger partial charge in [0.05, 0.1) is 5.60 Å². The number of alkyl halides is 1. The number of primary amides is 1. The highest BCUT2D eigenvalue weighted by molar-refractivity contribution is 6.17. The summed E-state index contributed by atoms with van der Waals surface area (Å²) >= 11 is 5.65. The van der Waals surface area contributed by atoms with Crippen molar-refractivity contribution >= 4 is 23.5 Å². The zero-order chi connectivity index (χ0) is 16.9. The summed E-state index contributed by atoms with van der Waals surface area (Å²) in [6.45, 7) is 8.62. The Hall–Kier alpha value is -0.850. The molecule has 0 unspecified atom stereocenters.